The first-order valence-corrected chi connectivity index (χ1v) is 7.77. The minimum absolute atomic E-state index is 0.714. The molecule has 3 rings (SSSR count). The highest BCUT2D eigenvalue weighted by Gasteiger charge is 2.29. The molecule has 1 aromatic rings. The van der Waals surface area contributed by atoms with E-state index >= 15 is 0 Å². The van der Waals surface area contributed by atoms with Gasteiger partial charge in [0.1, 0.15) is 5.75 Å². The summed E-state index contributed by atoms with van der Waals surface area (Å²) in [5, 5.41) is 0. The fraction of sp³-hybridized carbons (Fsp3) is 0.600. The monoisotopic (exact) mass is 263 g/mol. The van der Waals surface area contributed by atoms with E-state index in [1.54, 1.807) is 7.11 Å². The van der Waals surface area contributed by atoms with Gasteiger partial charge in [0.05, 0.1) is 7.11 Å². The van der Waals surface area contributed by atoms with Gasteiger partial charge < -0.3 is 9.64 Å². The molecule has 2 heterocycles. The average Bonchev–Trinajstić information content (AvgIpc) is 2.97. The van der Waals surface area contributed by atoms with Crippen LogP contribution >= 0.6 is 11.8 Å². The highest BCUT2D eigenvalue weighted by molar-refractivity contribution is 7.99. The number of benzene rings is 1. The summed E-state index contributed by atoms with van der Waals surface area (Å²) in [7, 11) is 4.02. The first-order valence-electron chi connectivity index (χ1n) is 6.79. The maximum atomic E-state index is 5.36. The summed E-state index contributed by atoms with van der Waals surface area (Å²) >= 11 is 2.01. The minimum Gasteiger partial charge on any atom is -0.497 e. The number of fused-ring (bicyclic) bond motifs is 1. The van der Waals surface area contributed by atoms with Gasteiger partial charge in [0, 0.05) is 16.7 Å². The number of thioether (sulfide) groups is 1. The van der Waals surface area contributed by atoms with E-state index in [0.29, 0.717) is 5.92 Å². The van der Waals surface area contributed by atoms with E-state index in [2.05, 4.69) is 30.1 Å². The Bertz CT molecular complexity index is 435. The van der Waals surface area contributed by atoms with Crippen molar-refractivity contribution in [3.05, 3.63) is 23.8 Å². The molecule has 1 saturated heterocycles. The lowest BCUT2D eigenvalue weighted by Gasteiger charge is -2.23. The van der Waals surface area contributed by atoms with Gasteiger partial charge in [0.15, 0.2) is 0 Å². The Morgan fingerprint density at radius 2 is 2.33 bits per heavy atom. The molecule has 2 aliphatic rings. The fourth-order valence-electron chi connectivity index (χ4n) is 3.18. The maximum Gasteiger partial charge on any atom is 0.119 e. The summed E-state index contributed by atoms with van der Waals surface area (Å²) in [5.41, 5.74) is 1.51. The van der Waals surface area contributed by atoms with Gasteiger partial charge in [-0.15, -0.1) is 11.8 Å². The zero-order valence-electron chi connectivity index (χ0n) is 11.2. The molecule has 18 heavy (non-hydrogen) atoms. The summed E-state index contributed by atoms with van der Waals surface area (Å²) < 4.78 is 5.36. The molecule has 1 fully saturated rings. The van der Waals surface area contributed by atoms with E-state index in [1.165, 1.54) is 42.0 Å². The van der Waals surface area contributed by atoms with Gasteiger partial charge in [-0.1, -0.05) is 0 Å². The number of likely N-dealkylation sites (tertiary alicyclic amines) is 1. The quantitative estimate of drug-likeness (QED) is 0.829. The van der Waals surface area contributed by atoms with Crippen molar-refractivity contribution in [2.75, 3.05) is 26.5 Å². The van der Waals surface area contributed by atoms with E-state index in [1.807, 2.05) is 11.8 Å². The SMILES string of the molecule is COc1ccc2c(c1)C(CC1CCCN1C)CS2. The zero-order chi connectivity index (χ0) is 12.5. The lowest BCUT2D eigenvalue weighted by atomic mass is 9.93. The van der Waals surface area contributed by atoms with E-state index < -0.39 is 0 Å². The van der Waals surface area contributed by atoms with Crippen molar-refractivity contribution >= 4 is 11.8 Å². The van der Waals surface area contributed by atoms with Crippen LogP contribution in [0.25, 0.3) is 0 Å². The molecule has 2 nitrogen and oxygen atoms in total. The molecule has 2 atom stereocenters. The van der Waals surface area contributed by atoms with Crippen LogP contribution in [-0.2, 0) is 0 Å². The van der Waals surface area contributed by atoms with Crippen molar-refractivity contribution in [2.45, 2.75) is 36.1 Å². The van der Waals surface area contributed by atoms with Gasteiger partial charge in [-0.3, -0.25) is 0 Å². The van der Waals surface area contributed by atoms with Crippen LogP contribution in [0.1, 0.15) is 30.7 Å². The summed E-state index contributed by atoms with van der Waals surface area (Å²) in [5.74, 6) is 2.96. The first kappa shape index (κ1) is 12.4. The van der Waals surface area contributed by atoms with Crippen molar-refractivity contribution in [1.29, 1.82) is 0 Å². The summed E-state index contributed by atoms with van der Waals surface area (Å²) in [6.45, 7) is 1.27. The van der Waals surface area contributed by atoms with Crippen LogP contribution in [-0.4, -0.2) is 37.4 Å². The maximum absolute atomic E-state index is 5.36. The normalized spacial score (nSPS) is 27.4. The third-order valence-corrected chi connectivity index (χ3v) is 5.58. The molecule has 2 aliphatic heterocycles. The average molecular weight is 263 g/mol. The molecule has 2 unspecified atom stereocenters. The Balaban J connectivity index is 1.76. The van der Waals surface area contributed by atoms with Gasteiger partial charge in [-0.25, -0.2) is 0 Å². The second kappa shape index (κ2) is 5.14. The molecule has 3 heteroatoms. The predicted molar refractivity (Wildman–Crippen MR) is 76.7 cm³/mol. The Hall–Kier alpha value is -0.670. The van der Waals surface area contributed by atoms with Crippen LogP contribution in [0, 0.1) is 0 Å². The van der Waals surface area contributed by atoms with Crippen molar-refractivity contribution in [3.63, 3.8) is 0 Å². The largest absolute Gasteiger partial charge is 0.497 e. The molecule has 0 aromatic heterocycles. The van der Waals surface area contributed by atoms with Crippen molar-refractivity contribution in [3.8, 4) is 5.75 Å². The molecule has 0 radical (unpaired) electrons. The summed E-state index contributed by atoms with van der Waals surface area (Å²) in [6, 6.07) is 7.33. The smallest absolute Gasteiger partial charge is 0.119 e. The van der Waals surface area contributed by atoms with Crippen molar-refractivity contribution < 1.29 is 4.74 Å². The van der Waals surface area contributed by atoms with Crippen LogP contribution in [0.3, 0.4) is 0 Å². The zero-order valence-corrected chi connectivity index (χ0v) is 12.0. The minimum atomic E-state index is 0.714. The Labute approximate surface area is 114 Å². The third kappa shape index (κ3) is 2.26. The molecular formula is C15H21NOS. The van der Waals surface area contributed by atoms with Gasteiger partial charge in [-0.2, -0.15) is 0 Å². The molecule has 0 spiro atoms. The molecule has 0 aliphatic carbocycles. The Morgan fingerprint density at radius 1 is 1.44 bits per heavy atom. The number of methoxy groups -OCH3 is 1. The molecular weight excluding hydrogens is 242 g/mol. The summed E-state index contributed by atoms with van der Waals surface area (Å²) in [6.07, 6.45) is 4.05. The van der Waals surface area contributed by atoms with E-state index in [-0.39, 0.29) is 0 Å². The second-order valence-corrected chi connectivity index (χ2v) is 6.49. The standard InChI is InChI=1S/C15H21NOS/c1-16-7-3-4-12(16)8-11-10-18-15-6-5-13(17-2)9-14(11)15/h5-6,9,11-12H,3-4,7-8,10H2,1-2H3. The number of rotatable bonds is 3. The Morgan fingerprint density at radius 3 is 3.06 bits per heavy atom. The first-order chi connectivity index (χ1) is 8.78. The van der Waals surface area contributed by atoms with Gasteiger partial charge in [0.25, 0.3) is 0 Å². The highest BCUT2D eigenvalue weighted by Crippen LogP contribution is 2.44. The number of nitrogens with zero attached hydrogens (tertiary/aromatic N) is 1. The van der Waals surface area contributed by atoms with Gasteiger partial charge >= 0.3 is 0 Å². The molecule has 0 amide bonds. The topological polar surface area (TPSA) is 12.5 Å². The molecule has 0 saturated carbocycles. The Kier molecular flexibility index (Phi) is 3.53. The van der Waals surface area contributed by atoms with Gasteiger partial charge in [0.2, 0.25) is 0 Å². The van der Waals surface area contributed by atoms with Crippen molar-refractivity contribution in [2.24, 2.45) is 0 Å². The second-order valence-electron chi connectivity index (χ2n) is 5.42. The molecule has 1 aromatic carbocycles. The van der Waals surface area contributed by atoms with Gasteiger partial charge in [-0.05, 0) is 62.5 Å². The predicted octanol–water partition coefficient (Wildman–Crippen LogP) is 3.37. The molecule has 98 valence electrons. The molecule has 0 bridgehead atoms. The van der Waals surface area contributed by atoms with Crippen LogP contribution in [0.2, 0.25) is 0 Å². The third-order valence-electron chi connectivity index (χ3n) is 4.32. The van der Waals surface area contributed by atoms with Crippen LogP contribution < -0.4 is 4.74 Å². The van der Waals surface area contributed by atoms with Crippen molar-refractivity contribution in [1.82, 2.24) is 4.90 Å². The number of ether oxygens (including phenoxy) is 1. The van der Waals surface area contributed by atoms with E-state index in [0.717, 1.165) is 11.8 Å². The highest BCUT2D eigenvalue weighted by atomic mass is 32.2. The number of hydrogen-bond donors (Lipinski definition) is 0. The van der Waals surface area contributed by atoms with Crippen LogP contribution in [0.15, 0.2) is 23.1 Å². The lowest BCUT2D eigenvalue weighted by Crippen LogP contribution is -2.26. The van der Waals surface area contributed by atoms with Crippen LogP contribution in [0.4, 0.5) is 0 Å². The fourth-order valence-corrected chi connectivity index (χ4v) is 4.44. The van der Waals surface area contributed by atoms with E-state index in [9.17, 15) is 0 Å². The van der Waals surface area contributed by atoms with E-state index in [4.69, 9.17) is 4.74 Å². The number of hydrogen-bond acceptors (Lipinski definition) is 3. The van der Waals surface area contributed by atoms with Crippen LogP contribution in [0.5, 0.6) is 5.75 Å². The molecule has 0 N–H and O–H groups in total. The summed E-state index contributed by atoms with van der Waals surface area (Å²) in [4.78, 5) is 3.99. The lowest BCUT2D eigenvalue weighted by molar-refractivity contribution is 0.286.